The fourth-order valence-corrected chi connectivity index (χ4v) is 3.84. The molecule has 4 heteroatoms. The number of H-pyrrole nitrogens is 1. The molecule has 1 aromatic heterocycles. The van der Waals surface area contributed by atoms with Crippen molar-refractivity contribution in [2.45, 2.75) is 32.2 Å². The lowest BCUT2D eigenvalue weighted by atomic mass is 10.1. The van der Waals surface area contributed by atoms with E-state index in [1.165, 1.54) is 33.7 Å². The fourth-order valence-electron chi connectivity index (χ4n) is 3.84. The van der Waals surface area contributed by atoms with E-state index in [1.807, 2.05) is 0 Å². The lowest BCUT2D eigenvalue weighted by Crippen LogP contribution is -2.21. The molecule has 0 radical (unpaired) electrons. The van der Waals surface area contributed by atoms with E-state index in [0.717, 1.165) is 31.4 Å². The van der Waals surface area contributed by atoms with Crippen molar-refractivity contribution in [2.75, 3.05) is 13.2 Å². The number of esters is 1. The van der Waals surface area contributed by atoms with Crippen molar-refractivity contribution in [3.63, 3.8) is 0 Å². The molecule has 3 aromatic rings. The van der Waals surface area contributed by atoms with Crippen molar-refractivity contribution in [1.29, 1.82) is 0 Å². The van der Waals surface area contributed by atoms with Crippen molar-refractivity contribution < 1.29 is 9.53 Å². The molecule has 28 heavy (non-hydrogen) atoms. The van der Waals surface area contributed by atoms with Crippen LogP contribution in [0.25, 0.3) is 17.0 Å². The zero-order chi connectivity index (χ0) is 19.3. The van der Waals surface area contributed by atoms with Gasteiger partial charge in [0.15, 0.2) is 0 Å². The molecule has 0 amide bonds. The molecule has 1 atom stereocenters. The summed E-state index contributed by atoms with van der Waals surface area (Å²) in [4.78, 5) is 14.8. The second-order valence-electron chi connectivity index (χ2n) is 7.03. The first-order valence-electron chi connectivity index (χ1n) is 9.84. The van der Waals surface area contributed by atoms with Gasteiger partial charge in [-0.1, -0.05) is 30.3 Å². The highest BCUT2D eigenvalue weighted by Crippen LogP contribution is 2.30. The highest BCUT2D eigenvalue weighted by atomic mass is 16.5. The van der Waals surface area contributed by atoms with E-state index in [1.54, 1.807) is 13.0 Å². The summed E-state index contributed by atoms with van der Waals surface area (Å²) in [5.74, 6) is -0.326. The van der Waals surface area contributed by atoms with E-state index in [4.69, 9.17) is 4.74 Å². The Kier molecular flexibility index (Phi) is 5.45. The maximum absolute atomic E-state index is 11.5. The number of ether oxygens (including phenoxy) is 1. The molecule has 0 saturated carbocycles. The first-order chi connectivity index (χ1) is 13.7. The van der Waals surface area contributed by atoms with Gasteiger partial charge in [-0.25, -0.2) is 4.79 Å². The van der Waals surface area contributed by atoms with Crippen molar-refractivity contribution in [2.24, 2.45) is 0 Å². The molecule has 1 aliphatic rings. The van der Waals surface area contributed by atoms with E-state index in [9.17, 15) is 4.79 Å². The van der Waals surface area contributed by atoms with Crippen LogP contribution in [0.1, 0.15) is 41.6 Å². The van der Waals surface area contributed by atoms with Crippen LogP contribution in [0, 0.1) is 12.1 Å². The van der Waals surface area contributed by atoms with E-state index in [-0.39, 0.29) is 5.97 Å². The standard InChI is InChI=1S/C24H24N2O2/c1-2-28-24(27)12-8-17-7-10-21-18(15-17)9-11-23(21)25-14-13-19-16-26-22-6-4-3-5-20(19)22/h3-6,8,12,15-16,23,25-26H,2,9,11,13-14H2,1H3/b12-8+. The second-order valence-corrected chi connectivity index (χ2v) is 7.03. The largest absolute Gasteiger partial charge is 0.463 e. The van der Waals surface area contributed by atoms with Gasteiger partial charge in [0.2, 0.25) is 0 Å². The number of carbonyl (C=O) groups excluding carboxylic acids is 1. The number of carbonyl (C=O) groups is 1. The van der Waals surface area contributed by atoms with Crippen LogP contribution in [-0.2, 0) is 22.4 Å². The smallest absolute Gasteiger partial charge is 0.330 e. The lowest BCUT2D eigenvalue weighted by molar-refractivity contribution is -0.137. The average molecular weight is 372 g/mol. The number of benzene rings is 1. The minimum atomic E-state index is -0.326. The highest BCUT2D eigenvalue weighted by Gasteiger charge is 2.22. The van der Waals surface area contributed by atoms with Gasteiger partial charge < -0.3 is 15.0 Å². The SMILES string of the molecule is CCOC(=O)/C=C/c1c#cc2c(c1)CCC2NCCc1c[nH]c2ccccc12. The van der Waals surface area contributed by atoms with Crippen molar-refractivity contribution >= 4 is 22.9 Å². The van der Waals surface area contributed by atoms with Crippen LogP contribution in [-0.4, -0.2) is 24.1 Å². The van der Waals surface area contributed by atoms with Crippen LogP contribution in [0.4, 0.5) is 0 Å². The molecule has 0 bridgehead atoms. The van der Waals surface area contributed by atoms with Gasteiger partial charge in [-0.05, 0) is 62.1 Å². The first-order valence-corrected chi connectivity index (χ1v) is 9.84. The van der Waals surface area contributed by atoms with Crippen molar-refractivity contribution in [3.8, 4) is 0 Å². The number of aryl methyl sites for hydroxylation is 1. The number of para-hydroxylation sites is 1. The quantitative estimate of drug-likeness (QED) is 0.484. The Labute approximate surface area is 165 Å². The van der Waals surface area contributed by atoms with Gasteiger partial charge in [-0.2, -0.15) is 0 Å². The Bertz CT molecular complexity index is 1000. The minimum Gasteiger partial charge on any atom is -0.463 e. The summed E-state index contributed by atoms with van der Waals surface area (Å²) in [6, 6.07) is 17.3. The minimum absolute atomic E-state index is 0.319. The number of rotatable bonds is 7. The normalized spacial score (nSPS) is 15.7. The third-order valence-electron chi connectivity index (χ3n) is 5.21. The molecule has 0 aliphatic heterocycles. The molecule has 2 N–H and O–H groups in total. The van der Waals surface area contributed by atoms with Crippen LogP contribution < -0.4 is 5.32 Å². The van der Waals surface area contributed by atoms with E-state index < -0.39 is 0 Å². The monoisotopic (exact) mass is 372 g/mol. The summed E-state index contributed by atoms with van der Waals surface area (Å²) in [6.07, 6.45) is 8.37. The summed E-state index contributed by atoms with van der Waals surface area (Å²) in [6.45, 7) is 3.10. The number of hydrogen-bond acceptors (Lipinski definition) is 3. The third-order valence-corrected chi connectivity index (χ3v) is 5.21. The second kappa shape index (κ2) is 8.33. The molecule has 142 valence electrons. The van der Waals surface area contributed by atoms with Gasteiger partial charge in [0, 0.05) is 40.3 Å². The van der Waals surface area contributed by atoms with E-state index in [2.05, 4.69) is 59.0 Å². The highest BCUT2D eigenvalue weighted by molar-refractivity contribution is 5.87. The average Bonchev–Trinajstić information content (AvgIpc) is 3.31. The Morgan fingerprint density at radius 2 is 2.25 bits per heavy atom. The molecule has 0 saturated heterocycles. The molecule has 1 aliphatic carbocycles. The maximum Gasteiger partial charge on any atom is 0.330 e. The zero-order valence-electron chi connectivity index (χ0n) is 16.0. The third kappa shape index (κ3) is 3.95. The first kappa shape index (κ1) is 18.3. The zero-order valence-corrected chi connectivity index (χ0v) is 16.0. The van der Waals surface area contributed by atoms with Crippen LogP contribution in [0.2, 0.25) is 0 Å². The number of nitrogens with one attached hydrogen (secondary N) is 2. The van der Waals surface area contributed by atoms with E-state index in [0.29, 0.717) is 12.6 Å². The van der Waals surface area contributed by atoms with Gasteiger partial charge in [-0.15, -0.1) is 0 Å². The number of fused-ring (bicyclic) bond motifs is 2. The van der Waals surface area contributed by atoms with Gasteiger partial charge in [0.25, 0.3) is 0 Å². The Hall–Kier alpha value is -3.03. The van der Waals surface area contributed by atoms with Gasteiger partial charge in [0.1, 0.15) is 0 Å². The summed E-state index contributed by atoms with van der Waals surface area (Å²) >= 11 is 0. The number of aromatic nitrogens is 1. The predicted octanol–water partition coefficient (Wildman–Crippen LogP) is 4.16. The summed E-state index contributed by atoms with van der Waals surface area (Å²) in [5, 5.41) is 4.97. The number of hydrogen-bond donors (Lipinski definition) is 2. The Morgan fingerprint density at radius 3 is 3.14 bits per heavy atom. The topological polar surface area (TPSA) is 54.1 Å². The molecule has 2 aromatic carbocycles. The van der Waals surface area contributed by atoms with E-state index >= 15 is 0 Å². The van der Waals surface area contributed by atoms with Crippen LogP contribution in [0.15, 0.2) is 42.6 Å². The summed E-state index contributed by atoms with van der Waals surface area (Å²) in [7, 11) is 0. The maximum atomic E-state index is 11.5. The molecule has 1 heterocycles. The van der Waals surface area contributed by atoms with Gasteiger partial charge >= 0.3 is 5.97 Å². The van der Waals surface area contributed by atoms with Crippen LogP contribution in [0.5, 0.6) is 0 Å². The summed E-state index contributed by atoms with van der Waals surface area (Å²) in [5.41, 5.74) is 5.89. The molecular weight excluding hydrogens is 348 g/mol. The van der Waals surface area contributed by atoms with Crippen molar-refractivity contribution in [3.05, 3.63) is 77.0 Å². The summed E-state index contributed by atoms with van der Waals surface area (Å²) < 4.78 is 4.91. The number of aromatic amines is 1. The lowest BCUT2D eigenvalue weighted by Gasteiger charge is -2.12. The molecule has 1 unspecified atom stereocenters. The van der Waals surface area contributed by atoms with Crippen LogP contribution in [0.3, 0.4) is 0 Å². The Morgan fingerprint density at radius 1 is 1.36 bits per heavy atom. The molecule has 4 rings (SSSR count). The van der Waals surface area contributed by atoms with Gasteiger partial charge in [-0.3, -0.25) is 0 Å². The van der Waals surface area contributed by atoms with Gasteiger partial charge in [0.05, 0.1) is 6.61 Å². The van der Waals surface area contributed by atoms with Crippen molar-refractivity contribution in [1.82, 2.24) is 10.3 Å². The van der Waals surface area contributed by atoms with Crippen LogP contribution >= 0.6 is 0 Å². The Balaban J connectivity index is 1.36. The molecular formula is C24H24N2O2. The fraction of sp³-hybridized carbons (Fsp3) is 0.292. The molecule has 0 spiro atoms. The predicted molar refractivity (Wildman–Crippen MR) is 111 cm³/mol. The molecule has 4 nitrogen and oxygen atoms in total. The molecule has 0 fully saturated rings.